The van der Waals surface area contributed by atoms with Crippen molar-refractivity contribution in [1.29, 1.82) is 0 Å². The van der Waals surface area contributed by atoms with Gasteiger partial charge in [0, 0.05) is 0 Å². The van der Waals surface area contributed by atoms with Crippen LogP contribution in [0.25, 0.3) is 0 Å². The molecule has 0 aliphatic carbocycles. The predicted molar refractivity (Wildman–Crippen MR) is 47.9 cm³/mol. The van der Waals surface area contributed by atoms with Crippen LogP contribution in [0.15, 0.2) is 0 Å². The zero-order valence-electron chi connectivity index (χ0n) is 7.69. The first-order valence-corrected chi connectivity index (χ1v) is 4.66. The summed E-state index contributed by atoms with van der Waals surface area (Å²) in [5.74, 6) is 0.951. The maximum atomic E-state index is 2.44. The van der Waals surface area contributed by atoms with Gasteiger partial charge in [0.15, 0.2) is 0 Å². The van der Waals surface area contributed by atoms with Crippen molar-refractivity contribution in [1.82, 2.24) is 0 Å². The zero-order valence-corrected chi connectivity index (χ0v) is 7.69. The van der Waals surface area contributed by atoms with E-state index < -0.39 is 0 Å². The number of rotatable bonds is 6. The standard InChI is InChI=1S/C10H21/c1-4-7-8-9-10(5-2)6-3/h8,10H,4-7,9H2,1-3H3. The summed E-state index contributed by atoms with van der Waals surface area (Å²) in [4.78, 5) is 0. The fraction of sp³-hybridized carbons (Fsp3) is 0.900. The average Bonchev–Trinajstić information content (AvgIpc) is 1.99. The molecule has 0 aliphatic heterocycles. The summed E-state index contributed by atoms with van der Waals surface area (Å²) < 4.78 is 0. The van der Waals surface area contributed by atoms with Crippen molar-refractivity contribution in [3.8, 4) is 0 Å². The van der Waals surface area contributed by atoms with E-state index >= 15 is 0 Å². The van der Waals surface area contributed by atoms with Crippen molar-refractivity contribution in [2.24, 2.45) is 5.92 Å². The second kappa shape index (κ2) is 7.11. The number of unbranched alkanes of at least 4 members (excludes halogenated alkanes) is 2. The highest BCUT2D eigenvalue weighted by molar-refractivity contribution is 4.68. The van der Waals surface area contributed by atoms with Gasteiger partial charge in [-0.3, -0.25) is 0 Å². The molecule has 0 bridgehead atoms. The van der Waals surface area contributed by atoms with Crippen LogP contribution in [0.3, 0.4) is 0 Å². The minimum Gasteiger partial charge on any atom is -0.0654 e. The van der Waals surface area contributed by atoms with E-state index in [1.165, 1.54) is 32.1 Å². The van der Waals surface area contributed by atoms with Gasteiger partial charge < -0.3 is 0 Å². The van der Waals surface area contributed by atoms with Crippen molar-refractivity contribution >= 4 is 0 Å². The van der Waals surface area contributed by atoms with Gasteiger partial charge in [-0.1, -0.05) is 46.5 Å². The molecule has 0 aromatic rings. The molecule has 0 aromatic carbocycles. The van der Waals surface area contributed by atoms with E-state index in [2.05, 4.69) is 27.2 Å². The molecule has 0 aliphatic rings. The molecule has 0 heteroatoms. The van der Waals surface area contributed by atoms with E-state index in [1.54, 1.807) is 0 Å². The summed E-state index contributed by atoms with van der Waals surface area (Å²) in [5.41, 5.74) is 0. The lowest BCUT2D eigenvalue weighted by Gasteiger charge is -2.10. The summed E-state index contributed by atoms with van der Waals surface area (Å²) >= 11 is 0. The van der Waals surface area contributed by atoms with Crippen LogP contribution in [0.2, 0.25) is 0 Å². The van der Waals surface area contributed by atoms with Gasteiger partial charge in [0.2, 0.25) is 0 Å². The van der Waals surface area contributed by atoms with Gasteiger partial charge in [0.25, 0.3) is 0 Å². The van der Waals surface area contributed by atoms with Gasteiger partial charge in [0.1, 0.15) is 0 Å². The molecule has 0 N–H and O–H groups in total. The van der Waals surface area contributed by atoms with Crippen LogP contribution in [-0.2, 0) is 0 Å². The molecular formula is C10H21. The van der Waals surface area contributed by atoms with E-state index in [9.17, 15) is 0 Å². The maximum absolute atomic E-state index is 2.44. The van der Waals surface area contributed by atoms with Gasteiger partial charge in [0.05, 0.1) is 0 Å². The summed E-state index contributed by atoms with van der Waals surface area (Å²) in [6.07, 6.45) is 9.07. The molecule has 0 nitrogen and oxygen atoms in total. The van der Waals surface area contributed by atoms with Crippen molar-refractivity contribution in [2.75, 3.05) is 0 Å². The molecule has 61 valence electrons. The Balaban J connectivity index is 3.09. The molecule has 0 unspecified atom stereocenters. The fourth-order valence-electron chi connectivity index (χ4n) is 1.18. The van der Waals surface area contributed by atoms with Crippen LogP contribution in [0.4, 0.5) is 0 Å². The third kappa shape index (κ3) is 4.84. The Morgan fingerprint density at radius 3 is 2.10 bits per heavy atom. The van der Waals surface area contributed by atoms with Gasteiger partial charge in [-0.2, -0.15) is 0 Å². The highest BCUT2D eigenvalue weighted by atomic mass is 14.1. The number of hydrogen-bond donors (Lipinski definition) is 0. The first-order chi connectivity index (χ1) is 4.85. The predicted octanol–water partition coefficient (Wildman–Crippen LogP) is 3.82. The van der Waals surface area contributed by atoms with Gasteiger partial charge >= 0.3 is 0 Å². The Labute approximate surface area is 66.0 Å². The van der Waals surface area contributed by atoms with Gasteiger partial charge in [-0.15, -0.1) is 0 Å². The van der Waals surface area contributed by atoms with Crippen LogP contribution in [0.1, 0.15) is 52.9 Å². The van der Waals surface area contributed by atoms with Crippen LogP contribution in [0.5, 0.6) is 0 Å². The fourth-order valence-corrected chi connectivity index (χ4v) is 1.18. The second-order valence-electron chi connectivity index (χ2n) is 3.00. The molecule has 0 saturated heterocycles. The van der Waals surface area contributed by atoms with Crippen molar-refractivity contribution in [3.05, 3.63) is 6.42 Å². The molecule has 0 aromatic heterocycles. The smallest absolute Gasteiger partial charge is 0.0383 e. The molecule has 0 saturated carbocycles. The van der Waals surface area contributed by atoms with Crippen LogP contribution in [-0.4, -0.2) is 0 Å². The quantitative estimate of drug-likeness (QED) is 0.493. The Hall–Kier alpha value is 0. The number of hydrogen-bond acceptors (Lipinski definition) is 0. The Morgan fingerprint density at radius 1 is 1.10 bits per heavy atom. The van der Waals surface area contributed by atoms with E-state index in [0.29, 0.717) is 0 Å². The van der Waals surface area contributed by atoms with Gasteiger partial charge in [-0.05, 0) is 18.8 Å². The van der Waals surface area contributed by atoms with Crippen molar-refractivity contribution in [2.45, 2.75) is 52.9 Å². The van der Waals surface area contributed by atoms with E-state index in [-0.39, 0.29) is 0 Å². The summed E-state index contributed by atoms with van der Waals surface area (Å²) in [6.45, 7) is 6.81. The highest BCUT2D eigenvalue weighted by Gasteiger charge is 2.01. The summed E-state index contributed by atoms with van der Waals surface area (Å²) in [5, 5.41) is 0. The lowest BCUT2D eigenvalue weighted by molar-refractivity contribution is 0.478. The maximum Gasteiger partial charge on any atom is -0.0383 e. The lowest BCUT2D eigenvalue weighted by Crippen LogP contribution is -1.96. The summed E-state index contributed by atoms with van der Waals surface area (Å²) in [7, 11) is 0. The van der Waals surface area contributed by atoms with E-state index in [4.69, 9.17) is 0 Å². The topological polar surface area (TPSA) is 0 Å². The molecule has 0 fully saturated rings. The minimum atomic E-state index is 0.951. The Bertz CT molecular complexity index is 53.1. The molecule has 0 amide bonds. The second-order valence-corrected chi connectivity index (χ2v) is 3.00. The first kappa shape index (κ1) is 10.0. The van der Waals surface area contributed by atoms with E-state index in [1.807, 2.05) is 0 Å². The summed E-state index contributed by atoms with van der Waals surface area (Å²) in [6, 6.07) is 0. The zero-order chi connectivity index (χ0) is 7.82. The SMILES string of the molecule is CCC[CH]CC(CC)CC. The third-order valence-electron chi connectivity index (χ3n) is 2.15. The molecule has 0 heterocycles. The van der Waals surface area contributed by atoms with Crippen molar-refractivity contribution in [3.63, 3.8) is 0 Å². The minimum absolute atomic E-state index is 0.951. The Morgan fingerprint density at radius 2 is 1.70 bits per heavy atom. The molecule has 0 rings (SSSR count). The molecular weight excluding hydrogens is 120 g/mol. The average molecular weight is 141 g/mol. The first-order valence-electron chi connectivity index (χ1n) is 4.66. The molecule has 0 spiro atoms. The van der Waals surface area contributed by atoms with Gasteiger partial charge in [-0.25, -0.2) is 0 Å². The monoisotopic (exact) mass is 141 g/mol. The van der Waals surface area contributed by atoms with Crippen LogP contribution in [0, 0.1) is 12.3 Å². The van der Waals surface area contributed by atoms with E-state index in [0.717, 1.165) is 5.92 Å². The molecule has 0 atom stereocenters. The van der Waals surface area contributed by atoms with Crippen LogP contribution < -0.4 is 0 Å². The normalized spacial score (nSPS) is 10.8. The Kier molecular flexibility index (Phi) is 7.11. The van der Waals surface area contributed by atoms with Crippen LogP contribution >= 0.6 is 0 Å². The lowest BCUT2D eigenvalue weighted by atomic mass is 9.96. The highest BCUT2D eigenvalue weighted by Crippen LogP contribution is 2.15. The van der Waals surface area contributed by atoms with Crippen molar-refractivity contribution < 1.29 is 0 Å². The molecule has 10 heavy (non-hydrogen) atoms. The molecule has 1 radical (unpaired) electrons. The largest absolute Gasteiger partial charge is 0.0654 e. The third-order valence-corrected chi connectivity index (χ3v) is 2.15.